The van der Waals surface area contributed by atoms with Crippen LogP contribution in [0.4, 0.5) is 18.9 Å². The van der Waals surface area contributed by atoms with Crippen molar-refractivity contribution in [3.05, 3.63) is 60.5 Å². The van der Waals surface area contributed by atoms with E-state index in [9.17, 15) is 23.1 Å². The van der Waals surface area contributed by atoms with Gasteiger partial charge in [0.1, 0.15) is 5.52 Å². The van der Waals surface area contributed by atoms with Crippen molar-refractivity contribution < 1.29 is 27.5 Å². The highest BCUT2D eigenvalue weighted by molar-refractivity contribution is 5.79. The molecule has 0 saturated carbocycles. The van der Waals surface area contributed by atoms with E-state index < -0.39 is 30.0 Å². The fraction of sp³-hybridized carbons (Fsp3) is 0.222. The first-order valence-electron chi connectivity index (χ1n) is 7.94. The number of anilines is 1. The van der Waals surface area contributed by atoms with Crippen molar-refractivity contribution in [2.24, 2.45) is 0 Å². The lowest BCUT2D eigenvalue weighted by atomic mass is 9.98. The zero-order valence-electron chi connectivity index (χ0n) is 14.2. The highest BCUT2D eigenvalue weighted by atomic mass is 19.4. The third kappa shape index (κ3) is 3.72. The summed E-state index contributed by atoms with van der Waals surface area (Å²) in [6, 6.07) is 14.5. The predicted molar refractivity (Wildman–Crippen MR) is 91.6 cm³/mol. The van der Waals surface area contributed by atoms with Gasteiger partial charge in [0.25, 0.3) is 0 Å². The normalized spacial score (nSPS) is 14.0. The molecule has 142 valence electrons. The van der Waals surface area contributed by atoms with Crippen molar-refractivity contribution in [1.82, 2.24) is 10.4 Å². The van der Waals surface area contributed by atoms with Gasteiger partial charge in [-0.05, 0) is 24.3 Å². The van der Waals surface area contributed by atoms with E-state index in [4.69, 9.17) is 4.42 Å². The third-order valence-corrected chi connectivity index (χ3v) is 3.97. The summed E-state index contributed by atoms with van der Waals surface area (Å²) in [5.74, 6) is -2.03. The first kappa shape index (κ1) is 18.7. The van der Waals surface area contributed by atoms with Crippen LogP contribution in [0.2, 0.25) is 0 Å². The van der Waals surface area contributed by atoms with E-state index in [1.165, 1.54) is 24.2 Å². The molecule has 3 rings (SSSR count). The van der Waals surface area contributed by atoms with Gasteiger partial charge >= 0.3 is 6.18 Å². The van der Waals surface area contributed by atoms with Crippen molar-refractivity contribution in [2.75, 3.05) is 12.1 Å². The lowest BCUT2D eigenvalue weighted by Crippen LogP contribution is -2.49. The Labute approximate surface area is 152 Å². The number of rotatable bonds is 5. The lowest BCUT2D eigenvalue weighted by Gasteiger charge is -2.28. The maximum atomic E-state index is 13.6. The summed E-state index contributed by atoms with van der Waals surface area (Å²) < 4.78 is 45.9. The molecule has 0 aliphatic heterocycles. The average Bonchev–Trinajstić information content (AvgIpc) is 3.06. The van der Waals surface area contributed by atoms with Crippen LogP contribution < -0.4 is 10.4 Å². The molecule has 0 aliphatic carbocycles. The van der Waals surface area contributed by atoms with Gasteiger partial charge in [0.05, 0.1) is 12.1 Å². The first-order chi connectivity index (χ1) is 12.7. The fourth-order valence-electron chi connectivity index (χ4n) is 2.52. The number of hydrazine groups is 1. The smallest absolute Gasteiger partial charge is 0.426 e. The fourth-order valence-corrected chi connectivity index (χ4v) is 2.52. The van der Waals surface area contributed by atoms with Crippen molar-refractivity contribution in [3.8, 4) is 0 Å². The maximum Gasteiger partial charge on any atom is 0.426 e. The number of nitrogens with one attached hydrogen (secondary N) is 1. The molecule has 2 aromatic carbocycles. The number of carbonyl (C=O) groups excluding carboxylic acids is 1. The van der Waals surface area contributed by atoms with Gasteiger partial charge in [0.2, 0.25) is 17.4 Å². The zero-order valence-corrected chi connectivity index (χ0v) is 14.2. The Hall–Kier alpha value is -3.07. The van der Waals surface area contributed by atoms with Crippen LogP contribution in [0.5, 0.6) is 0 Å². The van der Waals surface area contributed by atoms with Crippen LogP contribution in [0.1, 0.15) is 12.3 Å². The molecular weight excluding hydrogens is 363 g/mol. The van der Waals surface area contributed by atoms with E-state index in [0.29, 0.717) is 5.69 Å². The van der Waals surface area contributed by atoms with Crippen molar-refractivity contribution in [3.63, 3.8) is 0 Å². The van der Waals surface area contributed by atoms with E-state index in [1.807, 2.05) is 0 Å². The van der Waals surface area contributed by atoms with Crippen LogP contribution in [0.3, 0.4) is 0 Å². The van der Waals surface area contributed by atoms with Gasteiger partial charge in [0.15, 0.2) is 5.58 Å². The molecule has 1 amide bonds. The molecule has 3 aromatic rings. The number of aromatic nitrogens is 1. The largest absolute Gasteiger partial charge is 0.437 e. The second-order valence-electron chi connectivity index (χ2n) is 5.95. The average molecular weight is 379 g/mol. The number of halogens is 3. The van der Waals surface area contributed by atoms with Crippen molar-refractivity contribution in [2.45, 2.75) is 18.2 Å². The second kappa shape index (κ2) is 6.92. The molecule has 0 radical (unpaired) electrons. The molecule has 0 saturated heterocycles. The molecule has 2 N–H and O–H groups in total. The van der Waals surface area contributed by atoms with Gasteiger partial charge in [-0.25, -0.2) is 4.98 Å². The maximum absolute atomic E-state index is 13.6. The van der Waals surface area contributed by atoms with E-state index >= 15 is 0 Å². The van der Waals surface area contributed by atoms with Crippen molar-refractivity contribution >= 4 is 22.7 Å². The number of para-hydroxylation sites is 3. The summed E-state index contributed by atoms with van der Waals surface area (Å²) in [5, 5.41) is 11.6. The predicted octanol–water partition coefficient (Wildman–Crippen LogP) is 3.14. The second-order valence-corrected chi connectivity index (χ2v) is 5.95. The Morgan fingerprint density at radius 3 is 2.41 bits per heavy atom. The van der Waals surface area contributed by atoms with Gasteiger partial charge in [-0.3, -0.25) is 15.2 Å². The minimum atomic E-state index is -5.17. The summed E-state index contributed by atoms with van der Waals surface area (Å²) >= 11 is 0. The van der Waals surface area contributed by atoms with Crippen LogP contribution in [0.15, 0.2) is 59.0 Å². The first-order valence-corrected chi connectivity index (χ1v) is 7.94. The Bertz CT molecular complexity index is 910. The summed E-state index contributed by atoms with van der Waals surface area (Å²) in [6.45, 7) is 0. The van der Waals surface area contributed by atoms with Crippen LogP contribution in [0, 0.1) is 0 Å². The van der Waals surface area contributed by atoms with Crippen LogP contribution >= 0.6 is 0 Å². The number of amides is 1. The van der Waals surface area contributed by atoms with Crippen LogP contribution in [-0.2, 0) is 10.4 Å². The molecule has 1 heterocycles. The lowest BCUT2D eigenvalue weighted by molar-refractivity contribution is -0.274. The number of oxazole rings is 1. The highest BCUT2D eigenvalue weighted by Crippen LogP contribution is 2.42. The van der Waals surface area contributed by atoms with Gasteiger partial charge in [-0.2, -0.15) is 13.2 Å². The quantitative estimate of drug-likeness (QED) is 0.666. The third-order valence-electron chi connectivity index (χ3n) is 3.97. The van der Waals surface area contributed by atoms with E-state index in [1.54, 1.807) is 42.5 Å². The van der Waals surface area contributed by atoms with Crippen molar-refractivity contribution in [1.29, 1.82) is 0 Å². The monoisotopic (exact) mass is 379 g/mol. The number of alkyl halides is 3. The number of nitrogens with zero attached hydrogens (tertiary/aromatic N) is 2. The SMILES string of the molecule is CN(NC(=O)C[C@](O)(c1nc2ccccc2o1)C(F)(F)F)c1ccccc1. The molecule has 0 bridgehead atoms. The number of hydrogen-bond donors (Lipinski definition) is 2. The Kier molecular flexibility index (Phi) is 4.79. The molecule has 1 aromatic heterocycles. The summed E-state index contributed by atoms with van der Waals surface area (Å²) in [4.78, 5) is 15.9. The van der Waals surface area contributed by atoms with Gasteiger partial charge < -0.3 is 9.52 Å². The highest BCUT2D eigenvalue weighted by Gasteiger charge is 2.60. The van der Waals surface area contributed by atoms with E-state index in [-0.39, 0.29) is 11.1 Å². The number of hydrogen-bond acceptors (Lipinski definition) is 5. The summed E-state index contributed by atoms with van der Waals surface area (Å²) in [5.41, 5.74) is -0.480. The zero-order chi connectivity index (χ0) is 19.7. The standard InChI is InChI=1S/C18H16F3N3O3/c1-24(12-7-3-2-4-8-12)23-15(25)11-17(26,18(19,20)21)16-22-13-9-5-6-10-14(13)27-16/h2-10,26H,11H2,1H3,(H,23,25)/t17-/m0/s1. The number of fused-ring (bicyclic) bond motifs is 1. The minimum absolute atomic E-state index is 0.0805. The summed E-state index contributed by atoms with van der Waals surface area (Å²) in [6.07, 6.45) is -6.48. The molecule has 0 aliphatic rings. The molecular formula is C18H16F3N3O3. The molecule has 1 atom stereocenters. The van der Waals surface area contributed by atoms with Gasteiger partial charge in [-0.1, -0.05) is 30.3 Å². The molecule has 0 spiro atoms. The molecule has 0 unspecified atom stereocenters. The Morgan fingerprint density at radius 1 is 1.15 bits per heavy atom. The molecule has 6 nitrogen and oxygen atoms in total. The number of carbonyl (C=O) groups is 1. The van der Waals surface area contributed by atoms with E-state index in [2.05, 4.69) is 10.4 Å². The molecule has 27 heavy (non-hydrogen) atoms. The van der Waals surface area contributed by atoms with Gasteiger partial charge in [0, 0.05) is 7.05 Å². The minimum Gasteiger partial charge on any atom is -0.437 e. The van der Waals surface area contributed by atoms with Crippen LogP contribution in [-0.4, -0.2) is 29.2 Å². The Balaban J connectivity index is 1.85. The molecule has 9 heteroatoms. The molecule has 0 fully saturated rings. The summed E-state index contributed by atoms with van der Waals surface area (Å²) in [7, 11) is 1.47. The number of aliphatic hydroxyl groups is 1. The van der Waals surface area contributed by atoms with Crippen LogP contribution in [0.25, 0.3) is 11.1 Å². The van der Waals surface area contributed by atoms with E-state index in [0.717, 1.165) is 0 Å². The number of benzene rings is 2. The topological polar surface area (TPSA) is 78.6 Å². The van der Waals surface area contributed by atoms with Gasteiger partial charge in [-0.15, -0.1) is 0 Å². The Morgan fingerprint density at radius 2 is 1.78 bits per heavy atom.